The van der Waals surface area contributed by atoms with Gasteiger partial charge in [-0.1, -0.05) is 6.07 Å². The fourth-order valence-electron chi connectivity index (χ4n) is 2.85. The van der Waals surface area contributed by atoms with E-state index in [1.807, 2.05) is 0 Å². The predicted octanol–water partition coefficient (Wildman–Crippen LogP) is 3.38. The molecule has 0 aliphatic carbocycles. The largest absolute Gasteiger partial charge is 0.495 e. The third kappa shape index (κ3) is 5.81. The number of rotatable bonds is 8. The highest BCUT2D eigenvalue weighted by molar-refractivity contribution is 5.96. The molecule has 0 spiro atoms. The average Bonchev–Trinajstić information content (AvgIpc) is 2.76. The molecule has 166 valence electrons. The molecule has 0 bridgehead atoms. The zero-order valence-electron chi connectivity index (χ0n) is 18.0. The van der Waals surface area contributed by atoms with Crippen molar-refractivity contribution in [1.29, 1.82) is 5.26 Å². The lowest BCUT2D eigenvalue weighted by Crippen LogP contribution is -2.32. The van der Waals surface area contributed by atoms with Crippen molar-refractivity contribution in [3.8, 4) is 29.1 Å². The number of hydrogen-bond donors (Lipinski definition) is 2. The summed E-state index contributed by atoms with van der Waals surface area (Å²) in [6.45, 7) is 1.59. The predicted molar refractivity (Wildman–Crippen MR) is 121 cm³/mol. The van der Waals surface area contributed by atoms with Crippen LogP contribution in [0.15, 0.2) is 36.4 Å². The van der Waals surface area contributed by atoms with Gasteiger partial charge in [0, 0.05) is 6.08 Å². The molecule has 31 heavy (non-hydrogen) atoms. The molecule has 2 aromatic carbocycles. The van der Waals surface area contributed by atoms with Gasteiger partial charge in [0.15, 0.2) is 11.5 Å². The van der Waals surface area contributed by atoms with Crippen molar-refractivity contribution in [1.82, 2.24) is 0 Å². The lowest BCUT2D eigenvalue weighted by atomic mass is 9.96. The van der Waals surface area contributed by atoms with Gasteiger partial charge in [0.1, 0.15) is 5.75 Å². The number of ether oxygens (including phenoxy) is 4. The first kappa shape index (κ1) is 25.6. The second-order valence-electron chi connectivity index (χ2n) is 6.29. The van der Waals surface area contributed by atoms with Crippen LogP contribution >= 0.6 is 12.4 Å². The van der Waals surface area contributed by atoms with Crippen LogP contribution in [0.2, 0.25) is 0 Å². The molecular formula is C22H26ClN3O5. The first-order chi connectivity index (χ1) is 14.4. The zero-order valence-corrected chi connectivity index (χ0v) is 18.8. The maximum atomic E-state index is 12.1. The van der Waals surface area contributed by atoms with Crippen molar-refractivity contribution >= 4 is 29.6 Å². The monoisotopic (exact) mass is 447 g/mol. The van der Waals surface area contributed by atoms with Gasteiger partial charge in [-0.2, -0.15) is 5.26 Å². The molecule has 0 radical (unpaired) electrons. The number of halogens is 1. The molecular weight excluding hydrogens is 422 g/mol. The van der Waals surface area contributed by atoms with Gasteiger partial charge >= 0.3 is 0 Å². The molecule has 3 N–H and O–H groups in total. The van der Waals surface area contributed by atoms with E-state index in [1.54, 1.807) is 37.3 Å². The number of carbonyl (C=O) groups excluding carboxylic acids is 1. The number of nitrogens with one attached hydrogen (secondary N) is 1. The van der Waals surface area contributed by atoms with Crippen LogP contribution in [0.1, 0.15) is 18.1 Å². The molecule has 0 aromatic heterocycles. The third-order valence-electron chi connectivity index (χ3n) is 4.37. The summed E-state index contributed by atoms with van der Waals surface area (Å²) in [5.74, 6) is 1.46. The van der Waals surface area contributed by atoms with Crippen molar-refractivity contribution in [2.75, 3.05) is 33.8 Å². The van der Waals surface area contributed by atoms with Crippen molar-refractivity contribution in [2.24, 2.45) is 5.73 Å². The summed E-state index contributed by atoms with van der Waals surface area (Å²) in [4.78, 5) is 12.1. The van der Waals surface area contributed by atoms with E-state index in [1.165, 1.54) is 34.5 Å². The van der Waals surface area contributed by atoms with Gasteiger partial charge in [-0.15, -0.1) is 12.4 Å². The van der Waals surface area contributed by atoms with Gasteiger partial charge in [-0.3, -0.25) is 4.79 Å². The van der Waals surface area contributed by atoms with E-state index in [4.69, 9.17) is 24.7 Å². The Morgan fingerprint density at radius 1 is 1.00 bits per heavy atom. The number of nitriles is 1. The second-order valence-corrected chi connectivity index (χ2v) is 6.29. The number of hydrogen-bond acceptors (Lipinski definition) is 7. The molecule has 0 saturated heterocycles. The van der Waals surface area contributed by atoms with Gasteiger partial charge in [-0.25, -0.2) is 0 Å². The standard InChI is InChI=1S/C22H25N3O5.ClH/c1-13(24)22(26)25-17-10-14(6-7-18(17)27-2)16(8-9-23)15-11-19(28-3)21(30-5)20(12-15)29-4;/h6-8,10-13H,24H2,1-5H3,(H,25,26);1H. The van der Waals surface area contributed by atoms with Crippen molar-refractivity contribution in [3.63, 3.8) is 0 Å². The SMILES string of the molecule is COc1ccc(C(=CC#N)c2cc(OC)c(OC)c(OC)c2)cc1NC(=O)C(C)N.Cl. The van der Waals surface area contributed by atoms with Crippen LogP contribution in [0.3, 0.4) is 0 Å². The quantitative estimate of drug-likeness (QED) is 0.596. The van der Waals surface area contributed by atoms with Crippen LogP contribution < -0.4 is 30.0 Å². The van der Waals surface area contributed by atoms with Crippen LogP contribution in [0.25, 0.3) is 5.57 Å². The van der Waals surface area contributed by atoms with Gasteiger partial charge in [0.2, 0.25) is 11.7 Å². The Morgan fingerprint density at radius 2 is 1.58 bits per heavy atom. The minimum Gasteiger partial charge on any atom is -0.495 e. The van der Waals surface area contributed by atoms with Gasteiger partial charge in [0.05, 0.1) is 46.2 Å². The van der Waals surface area contributed by atoms with Crippen LogP contribution in [-0.4, -0.2) is 40.4 Å². The van der Waals surface area contributed by atoms with Crippen LogP contribution in [0, 0.1) is 11.3 Å². The Balaban J connectivity index is 0.00000480. The Morgan fingerprint density at radius 3 is 2.03 bits per heavy atom. The number of allylic oxidation sites excluding steroid dienone is 1. The summed E-state index contributed by atoms with van der Waals surface area (Å²) in [6, 6.07) is 10.1. The Kier molecular flexibility index (Phi) is 9.67. The summed E-state index contributed by atoms with van der Waals surface area (Å²) < 4.78 is 21.5. The number of benzene rings is 2. The molecule has 2 aromatic rings. The minimum atomic E-state index is -0.692. The molecule has 2 rings (SSSR count). The summed E-state index contributed by atoms with van der Waals surface area (Å²) in [7, 11) is 6.05. The van der Waals surface area contributed by atoms with Gasteiger partial charge < -0.3 is 30.0 Å². The molecule has 0 fully saturated rings. The first-order valence-corrected chi connectivity index (χ1v) is 9.05. The number of amides is 1. The lowest BCUT2D eigenvalue weighted by Gasteiger charge is -2.17. The molecule has 9 heteroatoms. The number of anilines is 1. The highest BCUT2D eigenvalue weighted by Crippen LogP contribution is 2.41. The smallest absolute Gasteiger partial charge is 0.241 e. The topological polar surface area (TPSA) is 116 Å². The summed E-state index contributed by atoms with van der Waals surface area (Å²) in [5.41, 5.74) is 8.03. The Labute approximate surface area is 187 Å². The molecule has 0 saturated carbocycles. The third-order valence-corrected chi connectivity index (χ3v) is 4.37. The van der Waals surface area contributed by atoms with E-state index in [0.29, 0.717) is 45.4 Å². The Hall–Kier alpha value is -3.41. The number of carbonyl (C=O) groups is 1. The van der Waals surface area contributed by atoms with Gasteiger partial charge in [-0.05, 0) is 47.9 Å². The number of nitrogens with zero attached hydrogens (tertiary/aromatic N) is 1. The van der Waals surface area contributed by atoms with Crippen LogP contribution in [0.5, 0.6) is 23.0 Å². The molecule has 1 unspecified atom stereocenters. The summed E-state index contributed by atoms with van der Waals surface area (Å²) in [5, 5.41) is 12.1. The van der Waals surface area contributed by atoms with Crippen molar-refractivity contribution in [2.45, 2.75) is 13.0 Å². The molecule has 0 heterocycles. The number of nitrogens with two attached hydrogens (primary N) is 1. The van der Waals surface area contributed by atoms with Crippen molar-refractivity contribution < 1.29 is 23.7 Å². The van der Waals surface area contributed by atoms with Crippen LogP contribution in [-0.2, 0) is 4.79 Å². The molecule has 1 atom stereocenters. The van der Waals surface area contributed by atoms with Crippen molar-refractivity contribution in [3.05, 3.63) is 47.5 Å². The highest BCUT2D eigenvalue weighted by atomic mass is 35.5. The van der Waals surface area contributed by atoms with E-state index in [9.17, 15) is 10.1 Å². The molecule has 0 aliphatic rings. The van der Waals surface area contributed by atoms with E-state index in [0.717, 1.165) is 0 Å². The second kappa shape index (κ2) is 11.7. The maximum absolute atomic E-state index is 12.1. The highest BCUT2D eigenvalue weighted by Gasteiger charge is 2.18. The van der Waals surface area contributed by atoms with Crippen LogP contribution in [0.4, 0.5) is 5.69 Å². The Bertz CT molecular complexity index is 974. The first-order valence-electron chi connectivity index (χ1n) is 9.05. The van der Waals surface area contributed by atoms with Gasteiger partial charge in [0.25, 0.3) is 0 Å². The minimum absolute atomic E-state index is 0. The lowest BCUT2D eigenvalue weighted by molar-refractivity contribution is -0.117. The fraction of sp³-hybridized carbons (Fsp3) is 0.273. The average molecular weight is 448 g/mol. The zero-order chi connectivity index (χ0) is 22.3. The van der Waals surface area contributed by atoms with E-state index < -0.39 is 6.04 Å². The molecule has 8 nitrogen and oxygen atoms in total. The summed E-state index contributed by atoms with van der Waals surface area (Å²) >= 11 is 0. The maximum Gasteiger partial charge on any atom is 0.241 e. The van der Waals surface area contributed by atoms with E-state index >= 15 is 0 Å². The fourth-order valence-corrected chi connectivity index (χ4v) is 2.85. The van der Waals surface area contributed by atoms with E-state index in [-0.39, 0.29) is 18.3 Å². The molecule has 1 amide bonds. The van der Waals surface area contributed by atoms with E-state index in [2.05, 4.69) is 11.4 Å². The normalized spacial score (nSPS) is 11.5. The number of methoxy groups -OCH3 is 4. The molecule has 0 aliphatic heterocycles. The summed E-state index contributed by atoms with van der Waals surface area (Å²) in [6.07, 6.45) is 1.40.